The lowest BCUT2D eigenvalue weighted by atomic mass is 10.2. The van der Waals surface area contributed by atoms with Gasteiger partial charge in [-0.3, -0.25) is 9.59 Å². The fourth-order valence-corrected chi connectivity index (χ4v) is 3.43. The molecule has 7 heteroatoms. The smallest absolute Gasteiger partial charge is 0.255 e. The van der Waals surface area contributed by atoms with Crippen molar-refractivity contribution in [1.82, 2.24) is 0 Å². The van der Waals surface area contributed by atoms with Crippen LogP contribution in [0.4, 0.5) is 11.4 Å². The quantitative estimate of drug-likeness (QED) is 0.458. The van der Waals surface area contributed by atoms with Gasteiger partial charge in [-0.2, -0.15) is 0 Å². The number of amides is 2. The second-order valence-corrected chi connectivity index (χ2v) is 7.55. The Hall–Kier alpha value is -3.45. The molecule has 0 spiro atoms. The Morgan fingerprint density at radius 2 is 1.39 bits per heavy atom. The van der Waals surface area contributed by atoms with E-state index in [1.807, 2.05) is 31.2 Å². The van der Waals surface area contributed by atoms with Crippen LogP contribution in [0.5, 0.6) is 11.5 Å². The summed E-state index contributed by atoms with van der Waals surface area (Å²) in [5.74, 6) is 1.47. The molecular weight excluding hydrogens is 412 g/mol. The largest absolute Gasteiger partial charge is 0.497 e. The van der Waals surface area contributed by atoms with Crippen molar-refractivity contribution in [2.45, 2.75) is 11.8 Å². The van der Waals surface area contributed by atoms with Crippen LogP contribution in [-0.4, -0.2) is 31.3 Å². The van der Waals surface area contributed by atoms with Crippen LogP contribution in [0.25, 0.3) is 0 Å². The molecule has 0 heterocycles. The maximum atomic E-state index is 12.4. The van der Waals surface area contributed by atoms with E-state index >= 15 is 0 Å². The highest BCUT2D eigenvalue weighted by Gasteiger charge is 2.08. The molecule has 0 bridgehead atoms. The molecule has 0 saturated carbocycles. The number of anilines is 2. The van der Waals surface area contributed by atoms with Crippen molar-refractivity contribution in [3.63, 3.8) is 0 Å². The van der Waals surface area contributed by atoms with Gasteiger partial charge in [-0.15, -0.1) is 11.8 Å². The van der Waals surface area contributed by atoms with E-state index in [1.165, 1.54) is 11.8 Å². The van der Waals surface area contributed by atoms with E-state index in [-0.39, 0.29) is 17.6 Å². The molecule has 3 rings (SSSR count). The van der Waals surface area contributed by atoms with Crippen molar-refractivity contribution in [2.75, 3.05) is 30.1 Å². The van der Waals surface area contributed by atoms with Crippen LogP contribution >= 0.6 is 11.8 Å². The summed E-state index contributed by atoms with van der Waals surface area (Å²) in [6.07, 6.45) is 0. The number of carbonyl (C=O) groups is 2. The Morgan fingerprint density at radius 1 is 0.806 bits per heavy atom. The van der Waals surface area contributed by atoms with E-state index in [4.69, 9.17) is 9.47 Å². The standard InChI is InChI=1S/C24H24N2O4S/c1-3-30-21-12-14-22(15-13-21)31-16-23(27)25-18-6-4-17(5-7-18)24(28)26-19-8-10-20(29-2)11-9-19/h4-15H,3,16H2,1-2H3,(H,25,27)(H,26,28). The molecule has 0 aliphatic carbocycles. The van der Waals surface area contributed by atoms with Gasteiger partial charge in [0.05, 0.1) is 19.5 Å². The number of ether oxygens (including phenoxy) is 2. The summed E-state index contributed by atoms with van der Waals surface area (Å²) in [6.45, 7) is 2.56. The van der Waals surface area contributed by atoms with Crippen LogP contribution in [0.1, 0.15) is 17.3 Å². The van der Waals surface area contributed by atoms with Gasteiger partial charge in [-0.25, -0.2) is 0 Å². The van der Waals surface area contributed by atoms with Crippen molar-refractivity contribution < 1.29 is 19.1 Å². The molecule has 2 amide bonds. The van der Waals surface area contributed by atoms with Gasteiger partial charge in [0.15, 0.2) is 0 Å². The van der Waals surface area contributed by atoms with Gasteiger partial charge in [-0.05, 0) is 79.7 Å². The van der Waals surface area contributed by atoms with Gasteiger partial charge in [0.1, 0.15) is 11.5 Å². The summed E-state index contributed by atoms with van der Waals surface area (Å²) in [6, 6.07) is 21.5. The molecule has 3 aromatic rings. The Labute approximate surface area is 186 Å². The zero-order valence-corrected chi connectivity index (χ0v) is 18.2. The second kappa shape index (κ2) is 11.1. The molecule has 6 nitrogen and oxygen atoms in total. The molecule has 0 saturated heterocycles. The molecule has 0 unspecified atom stereocenters. The third-order valence-corrected chi connectivity index (χ3v) is 5.30. The van der Waals surface area contributed by atoms with E-state index in [0.29, 0.717) is 23.5 Å². The summed E-state index contributed by atoms with van der Waals surface area (Å²) in [5, 5.41) is 5.67. The molecule has 0 radical (unpaired) electrons. The van der Waals surface area contributed by atoms with Crippen molar-refractivity contribution in [3.05, 3.63) is 78.4 Å². The van der Waals surface area contributed by atoms with E-state index in [9.17, 15) is 9.59 Å². The van der Waals surface area contributed by atoms with E-state index < -0.39 is 0 Å². The highest BCUT2D eigenvalue weighted by Crippen LogP contribution is 2.22. The van der Waals surface area contributed by atoms with Gasteiger partial charge in [-0.1, -0.05) is 0 Å². The number of rotatable bonds is 9. The zero-order valence-electron chi connectivity index (χ0n) is 17.4. The fourth-order valence-electron chi connectivity index (χ4n) is 2.73. The van der Waals surface area contributed by atoms with Crippen LogP contribution in [-0.2, 0) is 4.79 Å². The Kier molecular flexibility index (Phi) is 7.95. The molecule has 0 aliphatic rings. The maximum absolute atomic E-state index is 12.4. The van der Waals surface area contributed by atoms with Crippen molar-refractivity contribution >= 4 is 35.0 Å². The number of nitrogens with one attached hydrogen (secondary N) is 2. The molecule has 3 aromatic carbocycles. The first-order valence-electron chi connectivity index (χ1n) is 9.78. The number of benzene rings is 3. The normalized spacial score (nSPS) is 10.3. The zero-order chi connectivity index (χ0) is 22.1. The predicted molar refractivity (Wildman–Crippen MR) is 124 cm³/mol. The van der Waals surface area contributed by atoms with Crippen molar-refractivity contribution in [1.29, 1.82) is 0 Å². The third-order valence-electron chi connectivity index (χ3n) is 4.28. The molecule has 31 heavy (non-hydrogen) atoms. The van der Waals surface area contributed by atoms with Gasteiger partial charge in [0, 0.05) is 21.8 Å². The number of hydrogen-bond acceptors (Lipinski definition) is 5. The fraction of sp³-hybridized carbons (Fsp3) is 0.167. The first kappa shape index (κ1) is 22.2. The van der Waals surface area contributed by atoms with Crippen LogP contribution in [0, 0.1) is 0 Å². The Bertz CT molecular complexity index is 1000. The average Bonchev–Trinajstić information content (AvgIpc) is 2.80. The van der Waals surface area contributed by atoms with Crippen LogP contribution in [0.2, 0.25) is 0 Å². The predicted octanol–water partition coefficient (Wildman–Crippen LogP) is 5.08. The summed E-state index contributed by atoms with van der Waals surface area (Å²) in [5.41, 5.74) is 1.81. The summed E-state index contributed by atoms with van der Waals surface area (Å²) < 4.78 is 10.5. The highest BCUT2D eigenvalue weighted by molar-refractivity contribution is 8.00. The minimum Gasteiger partial charge on any atom is -0.497 e. The average molecular weight is 437 g/mol. The van der Waals surface area contributed by atoms with Gasteiger partial charge in [0.2, 0.25) is 5.91 Å². The van der Waals surface area contributed by atoms with Gasteiger partial charge >= 0.3 is 0 Å². The summed E-state index contributed by atoms with van der Waals surface area (Å²) in [7, 11) is 1.59. The maximum Gasteiger partial charge on any atom is 0.255 e. The lowest BCUT2D eigenvalue weighted by Crippen LogP contribution is -2.15. The van der Waals surface area contributed by atoms with E-state index in [1.54, 1.807) is 55.6 Å². The Balaban J connectivity index is 1.48. The summed E-state index contributed by atoms with van der Waals surface area (Å²) in [4.78, 5) is 25.6. The highest BCUT2D eigenvalue weighted by atomic mass is 32.2. The lowest BCUT2D eigenvalue weighted by molar-refractivity contribution is -0.113. The molecule has 0 fully saturated rings. The van der Waals surface area contributed by atoms with E-state index in [0.717, 1.165) is 16.4 Å². The number of methoxy groups -OCH3 is 1. The van der Waals surface area contributed by atoms with Crippen LogP contribution in [0.3, 0.4) is 0 Å². The summed E-state index contributed by atoms with van der Waals surface area (Å²) >= 11 is 1.45. The monoisotopic (exact) mass is 436 g/mol. The van der Waals surface area contributed by atoms with Crippen molar-refractivity contribution in [3.8, 4) is 11.5 Å². The second-order valence-electron chi connectivity index (χ2n) is 6.50. The van der Waals surface area contributed by atoms with Crippen LogP contribution in [0.15, 0.2) is 77.7 Å². The minimum atomic E-state index is -0.228. The van der Waals surface area contributed by atoms with Crippen LogP contribution < -0.4 is 20.1 Å². The number of carbonyl (C=O) groups excluding carboxylic acids is 2. The topological polar surface area (TPSA) is 76.7 Å². The Morgan fingerprint density at radius 3 is 2.00 bits per heavy atom. The minimum absolute atomic E-state index is 0.116. The molecule has 0 aromatic heterocycles. The van der Waals surface area contributed by atoms with E-state index in [2.05, 4.69) is 10.6 Å². The first-order valence-corrected chi connectivity index (χ1v) is 10.8. The number of hydrogen-bond donors (Lipinski definition) is 2. The van der Waals surface area contributed by atoms with Crippen molar-refractivity contribution in [2.24, 2.45) is 0 Å². The first-order chi connectivity index (χ1) is 15.1. The van der Waals surface area contributed by atoms with Gasteiger partial charge < -0.3 is 20.1 Å². The molecule has 2 N–H and O–H groups in total. The lowest BCUT2D eigenvalue weighted by Gasteiger charge is -2.08. The molecular formula is C24H24N2O4S. The third kappa shape index (κ3) is 6.79. The SMILES string of the molecule is CCOc1ccc(SCC(=O)Nc2ccc(C(=O)Nc3ccc(OC)cc3)cc2)cc1. The number of thioether (sulfide) groups is 1. The molecule has 0 atom stereocenters. The molecule has 160 valence electrons. The van der Waals surface area contributed by atoms with Gasteiger partial charge in [0.25, 0.3) is 5.91 Å². The molecule has 0 aliphatic heterocycles.